The number of methoxy groups -OCH3 is 1. The third-order valence-corrected chi connectivity index (χ3v) is 8.95. The number of carbonyl (C=O) groups is 2. The number of fused-ring (bicyclic) bond motifs is 3. The number of carbonyl (C=O) groups excluding carboxylic acids is 2. The highest BCUT2D eigenvalue weighted by Gasteiger charge is 2.69. The van der Waals surface area contributed by atoms with Crippen LogP contribution in [0.2, 0.25) is 0 Å². The SMILES string of the molecule is COc1cc(C2(C(=O)c3ccccc3)CC3(C(=O)c4cccc5cccc3c45)N3CCCC32)ccc1O. The van der Waals surface area contributed by atoms with Crippen LogP contribution in [-0.4, -0.2) is 41.3 Å². The minimum absolute atomic E-state index is 0.00514. The second-order valence-electron chi connectivity index (χ2n) is 10.5. The number of phenolic OH excluding ortho intramolecular Hbond substituents is 1. The van der Waals surface area contributed by atoms with Gasteiger partial charge in [-0.2, -0.15) is 0 Å². The first-order valence-corrected chi connectivity index (χ1v) is 12.8. The Hall–Kier alpha value is -3.96. The second kappa shape index (κ2) is 7.77. The number of benzene rings is 4. The summed E-state index contributed by atoms with van der Waals surface area (Å²) in [6.07, 6.45) is 2.06. The highest BCUT2D eigenvalue weighted by Crippen LogP contribution is 2.62. The quantitative estimate of drug-likeness (QED) is 0.376. The van der Waals surface area contributed by atoms with E-state index in [1.54, 1.807) is 12.1 Å². The fraction of sp³-hybridized carbons (Fsp3) is 0.250. The number of hydrogen-bond acceptors (Lipinski definition) is 5. The van der Waals surface area contributed by atoms with Crippen LogP contribution >= 0.6 is 0 Å². The largest absolute Gasteiger partial charge is 0.504 e. The number of nitrogens with zero attached hydrogens (tertiary/aromatic N) is 1. The molecule has 3 atom stereocenters. The van der Waals surface area contributed by atoms with Gasteiger partial charge < -0.3 is 9.84 Å². The van der Waals surface area contributed by atoms with Crippen molar-refractivity contribution in [3.8, 4) is 11.5 Å². The molecule has 0 radical (unpaired) electrons. The van der Waals surface area contributed by atoms with Gasteiger partial charge in [-0.1, -0.05) is 72.8 Å². The maximum absolute atomic E-state index is 14.7. The summed E-state index contributed by atoms with van der Waals surface area (Å²) < 4.78 is 5.48. The third kappa shape index (κ3) is 2.72. The Morgan fingerprint density at radius 2 is 1.78 bits per heavy atom. The predicted octanol–water partition coefficient (Wildman–Crippen LogP) is 5.63. The number of Topliss-reactive ketones (excluding diaryl/α,β-unsaturated/α-hetero) is 2. The lowest BCUT2D eigenvalue weighted by molar-refractivity contribution is 0.0668. The third-order valence-electron chi connectivity index (χ3n) is 8.95. The summed E-state index contributed by atoms with van der Waals surface area (Å²) in [6, 6.07) is 26.5. The van der Waals surface area contributed by atoms with Gasteiger partial charge in [0.15, 0.2) is 23.1 Å². The van der Waals surface area contributed by atoms with Crippen LogP contribution in [0.3, 0.4) is 0 Å². The molecule has 5 heteroatoms. The summed E-state index contributed by atoms with van der Waals surface area (Å²) in [7, 11) is 1.51. The zero-order valence-corrected chi connectivity index (χ0v) is 20.6. The minimum Gasteiger partial charge on any atom is -0.504 e. The second-order valence-corrected chi connectivity index (χ2v) is 10.5. The molecule has 4 aromatic rings. The number of ether oxygens (including phenoxy) is 1. The Balaban J connectivity index is 1.53. The molecule has 2 saturated heterocycles. The van der Waals surface area contributed by atoms with Gasteiger partial charge in [-0.25, -0.2) is 0 Å². The molecule has 5 nitrogen and oxygen atoms in total. The van der Waals surface area contributed by atoms with Crippen molar-refractivity contribution in [2.75, 3.05) is 13.7 Å². The molecule has 0 bridgehead atoms. The van der Waals surface area contributed by atoms with Gasteiger partial charge in [-0.15, -0.1) is 0 Å². The zero-order chi connectivity index (χ0) is 25.4. The van der Waals surface area contributed by atoms with E-state index in [0.717, 1.165) is 46.8 Å². The van der Waals surface area contributed by atoms with Crippen molar-refractivity contribution in [2.45, 2.75) is 36.3 Å². The first-order chi connectivity index (χ1) is 18.0. The van der Waals surface area contributed by atoms with Gasteiger partial charge in [-0.3, -0.25) is 14.5 Å². The van der Waals surface area contributed by atoms with Crippen LogP contribution in [0.15, 0.2) is 84.9 Å². The fourth-order valence-electron chi connectivity index (χ4n) is 7.50. The Labute approximate surface area is 215 Å². The van der Waals surface area contributed by atoms with Crippen LogP contribution in [0.25, 0.3) is 10.8 Å². The summed E-state index contributed by atoms with van der Waals surface area (Å²) in [5.41, 5.74) is 1.25. The fourth-order valence-corrected chi connectivity index (χ4v) is 7.50. The molecule has 7 rings (SSSR count). The molecule has 4 aromatic carbocycles. The van der Waals surface area contributed by atoms with Crippen molar-refractivity contribution >= 4 is 22.3 Å². The monoisotopic (exact) mass is 489 g/mol. The van der Waals surface area contributed by atoms with Gasteiger partial charge in [-0.05, 0) is 59.8 Å². The van der Waals surface area contributed by atoms with Gasteiger partial charge >= 0.3 is 0 Å². The Bertz CT molecular complexity index is 1590. The van der Waals surface area contributed by atoms with Gasteiger partial charge in [0.2, 0.25) is 0 Å². The van der Waals surface area contributed by atoms with Crippen molar-refractivity contribution in [3.63, 3.8) is 0 Å². The number of phenols is 1. The average Bonchev–Trinajstić information content (AvgIpc) is 3.60. The van der Waals surface area contributed by atoms with E-state index >= 15 is 0 Å². The molecule has 1 aliphatic carbocycles. The molecule has 3 unspecified atom stereocenters. The van der Waals surface area contributed by atoms with Gasteiger partial charge in [0.05, 0.1) is 12.5 Å². The lowest BCUT2D eigenvalue weighted by Crippen LogP contribution is -2.47. The maximum Gasteiger partial charge on any atom is 0.188 e. The standard InChI is InChI=1S/C32H27NO4/c1-37-26-18-22(15-16-25(26)34)31(29(35)21-8-3-2-4-9-21)19-32(33-17-7-14-27(31)33)24-13-6-11-20-10-5-12-23(28(20)24)30(32)36/h2-6,8-13,15-16,18,27,34H,7,14,17,19H2,1H3. The Kier molecular flexibility index (Phi) is 4.67. The molecule has 2 heterocycles. The molecule has 0 amide bonds. The van der Waals surface area contributed by atoms with E-state index in [4.69, 9.17) is 4.74 Å². The number of hydrogen-bond donors (Lipinski definition) is 1. The van der Waals surface area contributed by atoms with Crippen LogP contribution in [-0.2, 0) is 11.0 Å². The summed E-state index contributed by atoms with van der Waals surface area (Å²) in [6.45, 7) is 0.750. The summed E-state index contributed by atoms with van der Waals surface area (Å²) in [5, 5.41) is 12.5. The molecule has 2 fully saturated rings. The summed E-state index contributed by atoms with van der Waals surface area (Å²) in [5.74, 6) is 0.440. The smallest absolute Gasteiger partial charge is 0.188 e. The highest BCUT2D eigenvalue weighted by molar-refractivity contribution is 6.21. The van der Waals surface area contributed by atoms with Crippen molar-refractivity contribution in [1.29, 1.82) is 0 Å². The molecule has 37 heavy (non-hydrogen) atoms. The first kappa shape index (κ1) is 22.3. The van der Waals surface area contributed by atoms with E-state index in [9.17, 15) is 14.7 Å². The molecule has 1 N–H and O–H groups in total. The molecule has 0 aromatic heterocycles. The van der Waals surface area contributed by atoms with E-state index < -0.39 is 11.0 Å². The minimum atomic E-state index is -0.987. The normalized spacial score (nSPS) is 26.2. The molecule has 1 spiro atoms. The van der Waals surface area contributed by atoms with E-state index in [0.29, 0.717) is 17.7 Å². The van der Waals surface area contributed by atoms with Crippen LogP contribution < -0.4 is 4.74 Å². The van der Waals surface area contributed by atoms with E-state index in [2.05, 4.69) is 23.1 Å². The number of ketones is 2. The average molecular weight is 490 g/mol. The lowest BCUT2D eigenvalue weighted by Gasteiger charge is -2.35. The summed E-state index contributed by atoms with van der Waals surface area (Å²) >= 11 is 0. The predicted molar refractivity (Wildman–Crippen MR) is 141 cm³/mol. The van der Waals surface area contributed by atoms with Crippen molar-refractivity contribution in [3.05, 3.63) is 107 Å². The zero-order valence-electron chi connectivity index (χ0n) is 20.6. The maximum atomic E-state index is 14.7. The molecule has 0 saturated carbocycles. The van der Waals surface area contributed by atoms with Gasteiger partial charge in [0, 0.05) is 17.2 Å². The molecular formula is C32H27NO4. The topological polar surface area (TPSA) is 66.8 Å². The van der Waals surface area contributed by atoms with Crippen molar-refractivity contribution in [1.82, 2.24) is 4.90 Å². The number of rotatable bonds is 4. The van der Waals surface area contributed by atoms with Crippen LogP contribution in [0, 0.1) is 0 Å². The highest BCUT2D eigenvalue weighted by atomic mass is 16.5. The van der Waals surface area contributed by atoms with Crippen molar-refractivity contribution < 1.29 is 19.4 Å². The van der Waals surface area contributed by atoms with E-state index in [1.807, 2.05) is 54.6 Å². The lowest BCUT2D eigenvalue weighted by atomic mass is 9.65. The van der Waals surface area contributed by atoms with E-state index in [1.165, 1.54) is 7.11 Å². The molecular weight excluding hydrogens is 462 g/mol. The molecule has 2 aliphatic heterocycles. The summed E-state index contributed by atoms with van der Waals surface area (Å²) in [4.78, 5) is 31.5. The van der Waals surface area contributed by atoms with E-state index in [-0.39, 0.29) is 23.4 Å². The van der Waals surface area contributed by atoms with Crippen LogP contribution in [0.4, 0.5) is 0 Å². The first-order valence-electron chi connectivity index (χ1n) is 12.8. The molecule has 184 valence electrons. The van der Waals surface area contributed by atoms with Crippen molar-refractivity contribution in [2.24, 2.45) is 0 Å². The Morgan fingerprint density at radius 1 is 1.00 bits per heavy atom. The van der Waals surface area contributed by atoms with Gasteiger partial charge in [0.1, 0.15) is 5.54 Å². The molecule has 3 aliphatic rings. The Morgan fingerprint density at radius 3 is 2.57 bits per heavy atom. The van der Waals surface area contributed by atoms with Crippen LogP contribution in [0.5, 0.6) is 11.5 Å². The number of aromatic hydroxyl groups is 1. The van der Waals surface area contributed by atoms with Gasteiger partial charge in [0.25, 0.3) is 0 Å². The van der Waals surface area contributed by atoms with Crippen LogP contribution in [0.1, 0.15) is 51.1 Å².